The number of nitrogens with zero attached hydrogens (tertiary/aromatic N) is 4. The maximum absolute atomic E-state index is 12.1. The second-order valence-corrected chi connectivity index (χ2v) is 6.91. The molecule has 0 spiro atoms. The van der Waals surface area contributed by atoms with Crippen molar-refractivity contribution < 1.29 is 19.4 Å². The number of likely N-dealkylation sites (tertiary alicyclic amines) is 1. The van der Waals surface area contributed by atoms with Gasteiger partial charge in [-0.1, -0.05) is 18.2 Å². The van der Waals surface area contributed by atoms with Gasteiger partial charge in [-0.2, -0.15) is 5.10 Å². The van der Waals surface area contributed by atoms with E-state index >= 15 is 0 Å². The van der Waals surface area contributed by atoms with Crippen molar-refractivity contribution >= 4 is 18.2 Å². The number of aliphatic hydroxyl groups excluding tert-OH is 1. The molecule has 0 bridgehead atoms. The highest BCUT2D eigenvalue weighted by Crippen LogP contribution is 2.29. The van der Waals surface area contributed by atoms with Crippen molar-refractivity contribution in [1.29, 1.82) is 0 Å². The number of methoxy groups -OCH3 is 2. The van der Waals surface area contributed by atoms with Gasteiger partial charge in [0.25, 0.3) is 0 Å². The molecule has 2 aromatic rings. The lowest BCUT2D eigenvalue weighted by molar-refractivity contribution is -0.146. The summed E-state index contributed by atoms with van der Waals surface area (Å²) < 4.78 is 14.3. The molecule has 9 heteroatoms. The number of aromatic nitrogens is 3. The number of para-hydroxylation sites is 1. The molecule has 1 fully saturated rings. The number of ether oxygens (including phenoxy) is 2. The third-order valence-corrected chi connectivity index (χ3v) is 5.18. The molecule has 28 heavy (non-hydrogen) atoms. The Morgan fingerprint density at radius 2 is 2.18 bits per heavy atom. The molecule has 2 atom stereocenters. The number of hydrogen-bond acceptors (Lipinski definition) is 7. The molecule has 1 aromatic heterocycles. The van der Waals surface area contributed by atoms with Crippen LogP contribution >= 0.6 is 12.2 Å². The summed E-state index contributed by atoms with van der Waals surface area (Å²) in [5.41, 5.74) is 0.808. The van der Waals surface area contributed by atoms with Crippen LogP contribution in [-0.2, 0) is 22.7 Å². The summed E-state index contributed by atoms with van der Waals surface area (Å²) >= 11 is 5.62. The van der Waals surface area contributed by atoms with Gasteiger partial charge in [0.15, 0.2) is 10.6 Å². The Labute approximate surface area is 168 Å². The number of rotatable bonds is 7. The number of carbonyl (C=O) groups is 1. The first-order valence-corrected chi connectivity index (χ1v) is 9.32. The van der Waals surface area contributed by atoms with Crippen LogP contribution in [0.5, 0.6) is 5.75 Å². The maximum Gasteiger partial charge on any atom is 0.323 e. The van der Waals surface area contributed by atoms with Crippen molar-refractivity contribution in [3.8, 4) is 17.1 Å². The first-order chi connectivity index (χ1) is 13.5. The zero-order valence-corrected chi connectivity index (χ0v) is 16.8. The molecule has 1 aliphatic rings. The van der Waals surface area contributed by atoms with Gasteiger partial charge < -0.3 is 14.6 Å². The van der Waals surface area contributed by atoms with Crippen molar-refractivity contribution in [3.05, 3.63) is 41.7 Å². The van der Waals surface area contributed by atoms with Crippen molar-refractivity contribution in [2.75, 3.05) is 20.8 Å². The van der Waals surface area contributed by atoms with Gasteiger partial charge in [0.2, 0.25) is 0 Å². The van der Waals surface area contributed by atoms with E-state index in [-0.39, 0.29) is 12.6 Å². The van der Waals surface area contributed by atoms with E-state index in [1.54, 1.807) is 17.9 Å². The Bertz CT molecular complexity index is 923. The highest BCUT2D eigenvalue weighted by Gasteiger charge is 2.37. The average molecular weight is 404 g/mol. The van der Waals surface area contributed by atoms with Gasteiger partial charge in [-0.15, -0.1) is 6.58 Å². The highest BCUT2D eigenvalue weighted by molar-refractivity contribution is 7.71. The van der Waals surface area contributed by atoms with E-state index in [9.17, 15) is 9.90 Å². The first-order valence-electron chi connectivity index (χ1n) is 8.92. The van der Waals surface area contributed by atoms with Gasteiger partial charge in [-0.05, 0) is 24.4 Å². The van der Waals surface area contributed by atoms with E-state index in [0.717, 1.165) is 5.56 Å². The zero-order chi connectivity index (χ0) is 20.3. The van der Waals surface area contributed by atoms with E-state index < -0.39 is 12.1 Å². The Morgan fingerprint density at radius 3 is 2.86 bits per heavy atom. The molecular weight excluding hydrogens is 380 g/mol. The topological polar surface area (TPSA) is 81.8 Å². The highest BCUT2D eigenvalue weighted by atomic mass is 32.1. The van der Waals surface area contributed by atoms with Gasteiger partial charge >= 0.3 is 5.97 Å². The second kappa shape index (κ2) is 8.68. The molecule has 8 nitrogen and oxygen atoms in total. The fourth-order valence-electron chi connectivity index (χ4n) is 3.44. The van der Waals surface area contributed by atoms with E-state index in [4.69, 9.17) is 21.7 Å². The van der Waals surface area contributed by atoms with Crippen molar-refractivity contribution in [2.45, 2.75) is 31.8 Å². The van der Waals surface area contributed by atoms with Crippen LogP contribution in [-0.4, -0.2) is 63.2 Å². The molecule has 1 aliphatic heterocycles. The van der Waals surface area contributed by atoms with Crippen LogP contribution in [0, 0.1) is 4.77 Å². The van der Waals surface area contributed by atoms with E-state index in [0.29, 0.717) is 35.9 Å². The van der Waals surface area contributed by atoms with Crippen LogP contribution in [0.1, 0.15) is 6.42 Å². The summed E-state index contributed by atoms with van der Waals surface area (Å²) in [6, 6.07) is 7.04. The molecule has 150 valence electrons. The third kappa shape index (κ3) is 3.87. The van der Waals surface area contributed by atoms with Crippen molar-refractivity contribution in [2.24, 2.45) is 0 Å². The van der Waals surface area contributed by atoms with Gasteiger partial charge in [-0.25, -0.2) is 4.68 Å². The summed E-state index contributed by atoms with van der Waals surface area (Å²) in [4.78, 5) is 13.9. The molecule has 1 saturated heterocycles. The lowest BCUT2D eigenvalue weighted by Crippen LogP contribution is -2.38. The number of esters is 1. The predicted molar refractivity (Wildman–Crippen MR) is 106 cm³/mol. The number of allylic oxidation sites excluding steroid dienone is 1. The minimum atomic E-state index is -0.595. The zero-order valence-electron chi connectivity index (χ0n) is 15.9. The monoisotopic (exact) mass is 404 g/mol. The van der Waals surface area contributed by atoms with Crippen LogP contribution in [0.25, 0.3) is 11.4 Å². The molecule has 0 amide bonds. The van der Waals surface area contributed by atoms with Crippen LogP contribution in [0.2, 0.25) is 0 Å². The molecule has 0 aliphatic carbocycles. The fraction of sp³-hybridized carbons (Fsp3) is 0.421. The average Bonchev–Trinajstić information content (AvgIpc) is 3.22. The van der Waals surface area contributed by atoms with Crippen LogP contribution in [0.15, 0.2) is 36.9 Å². The second-order valence-electron chi connectivity index (χ2n) is 6.55. The molecule has 1 aromatic carbocycles. The van der Waals surface area contributed by atoms with Gasteiger partial charge in [0.1, 0.15) is 11.8 Å². The summed E-state index contributed by atoms with van der Waals surface area (Å²) in [6.45, 7) is 4.90. The Hall–Kier alpha value is -2.49. The van der Waals surface area contributed by atoms with E-state index in [1.807, 2.05) is 33.7 Å². The van der Waals surface area contributed by atoms with E-state index in [2.05, 4.69) is 11.7 Å². The molecule has 1 N–H and O–H groups in total. The number of aliphatic hydroxyl groups is 1. The number of benzene rings is 1. The van der Waals surface area contributed by atoms with Gasteiger partial charge in [0.05, 0.1) is 32.6 Å². The minimum absolute atomic E-state index is 0.266. The smallest absolute Gasteiger partial charge is 0.323 e. The fourth-order valence-corrected chi connectivity index (χ4v) is 3.70. The third-order valence-electron chi connectivity index (χ3n) is 4.75. The summed E-state index contributed by atoms with van der Waals surface area (Å²) in [5.74, 6) is 0.958. The van der Waals surface area contributed by atoms with Gasteiger partial charge in [-0.3, -0.25) is 14.3 Å². The largest absolute Gasteiger partial charge is 0.496 e. The van der Waals surface area contributed by atoms with Gasteiger partial charge in [0, 0.05) is 19.5 Å². The Kier molecular flexibility index (Phi) is 6.28. The Morgan fingerprint density at radius 1 is 1.43 bits per heavy atom. The lowest BCUT2D eigenvalue weighted by atomic mass is 10.2. The molecular formula is C19H24N4O4S. The standard InChI is InChI=1S/C19H24N4O4S/c1-4-9-22-17(14-7-5-6-8-16(14)26-2)20-23(19(22)28)12-21-11-13(24)10-15(21)18(25)27-3/h4-8,13,15,24H,1,9-12H2,2-3H3/t13-,15-/m0/s1. The molecule has 3 rings (SSSR count). The first kappa shape index (κ1) is 20.2. The molecule has 0 radical (unpaired) electrons. The van der Waals surface area contributed by atoms with Crippen LogP contribution < -0.4 is 4.74 Å². The van der Waals surface area contributed by atoms with Crippen LogP contribution in [0.4, 0.5) is 0 Å². The Balaban J connectivity index is 2.00. The number of β-amino-alcohol motifs (C(OH)–C–C–N with tert-alkyl or cyclic N) is 1. The molecule has 0 unspecified atom stereocenters. The molecule has 0 saturated carbocycles. The number of carbonyl (C=O) groups excluding carboxylic acids is 1. The van der Waals surface area contributed by atoms with E-state index in [1.165, 1.54) is 7.11 Å². The summed E-state index contributed by atoms with van der Waals surface area (Å²) in [7, 11) is 2.95. The van der Waals surface area contributed by atoms with Crippen molar-refractivity contribution in [1.82, 2.24) is 19.2 Å². The molecule has 2 heterocycles. The predicted octanol–water partition coefficient (Wildman–Crippen LogP) is 1.84. The maximum atomic E-state index is 12.1. The SMILES string of the molecule is C=CCn1c(-c2ccccc2OC)nn(CN2C[C@@H](O)C[C@H]2C(=O)OC)c1=S. The normalized spacial score (nSPS) is 19.5. The summed E-state index contributed by atoms with van der Waals surface area (Å²) in [5, 5.41) is 14.7. The quantitative estimate of drug-likeness (QED) is 0.428. The minimum Gasteiger partial charge on any atom is -0.496 e. The summed E-state index contributed by atoms with van der Waals surface area (Å²) in [6.07, 6.45) is 1.48. The lowest BCUT2D eigenvalue weighted by Gasteiger charge is -2.21. The van der Waals surface area contributed by atoms with Crippen molar-refractivity contribution in [3.63, 3.8) is 0 Å². The number of hydrogen-bond donors (Lipinski definition) is 1. The van der Waals surface area contributed by atoms with Crippen LogP contribution in [0.3, 0.4) is 0 Å².